The molecule has 1 amide bonds. The quantitative estimate of drug-likeness (QED) is 0.902. The molecule has 22 heavy (non-hydrogen) atoms. The van der Waals surface area contributed by atoms with Gasteiger partial charge in [0, 0.05) is 18.7 Å². The lowest BCUT2D eigenvalue weighted by Gasteiger charge is -2.28. The van der Waals surface area contributed by atoms with Gasteiger partial charge >= 0.3 is 0 Å². The van der Waals surface area contributed by atoms with E-state index in [2.05, 4.69) is 5.32 Å². The maximum atomic E-state index is 13.1. The van der Waals surface area contributed by atoms with Gasteiger partial charge in [-0.25, -0.2) is 12.8 Å². The minimum Gasteiger partial charge on any atom is -0.353 e. The van der Waals surface area contributed by atoms with Crippen molar-refractivity contribution in [1.82, 2.24) is 5.32 Å². The third-order valence-corrected chi connectivity index (χ3v) is 5.77. The lowest BCUT2D eigenvalue weighted by Crippen LogP contribution is -2.41. The van der Waals surface area contributed by atoms with Crippen LogP contribution in [0.3, 0.4) is 0 Å². The van der Waals surface area contributed by atoms with Crippen LogP contribution in [-0.4, -0.2) is 31.9 Å². The van der Waals surface area contributed by atoms with E-state index in [0.717, 1.165) is 18.4 Å². The predicted molar refractivity (Wildman–Crippen MR) is 83.8 cm³/mol. The van der Waals surface area contributed by atoms with Crippen LogP contribution in [0, 0.1) is 5.82 Å². The highest BCUT2D eigenvalue weighted by Crippen LogP contribution is 2.24. The molecule has 0 spiro atoms. The van der Waals surface area contributed by atoms with Crippen molar-refractivity contribution >= 4 is 15.7 Å². The number of carbonyl (C=O) groups excluding carboxylic acids is 1. The van der Waals surface area contributed by atoms with E-state index < -0.39 is 9.84 Å². The lowest BCUT2D eigenvalue weighted by molar-refractivity contribution is -0.121. The van der Waals surface area contributed by atoms with E-state index in [9.17, 15) is 17.6 Å². The third-order valence-electron chi connectivity index (χ3n) is 4.13. The minimum absolute atomic E-state index is 0.0755. The monoisotopic (exact) mass is 327 g/mol. The summed E-state index contributed by atoms with van der Waals surface area (Å²) in [6.45, 7) is 0. The number of hydrogen-bond acceptors (Lipinski definition) is 3. The molecule has 122 valence electrons. The highest BCUT2D eigenvalue weighted by Gasteiger charge is 2.29. The van der Waals surface area contributed by atoms with Gasteiger partial charge in [0.1, 0.15) is 15.7 Å². The van der Waals surface area contributed by atoms with Crippen LogP contribution in [0.15, 0.2) is 24.3 Å². The number of nitrogens with one attached hydrogen (secondary N) is 1. The third kappa shape index (κ3) is 5.09. The van der Waals surface area contributed by atoms with Gasteiger partial charge in [0.2, 0.25) is 5.91 Å². The Labute approximate surface area is 131 Å². The first-order valence-corrected chi connectivity index (χ1v) is 9.53. The summed E-state index contributed by atoms with van der Waals surface area (Å²) < 4.78 is 36.3. The number of aryl methyl sites for hydroxylation is 1. The molecule has 0 radical (unpaired) electrons. The second-order valence-corrected chi connectivity index (χ2v) is 8.34. The van der Waals surface area contributed by atoms with E-state index in [1.165, 1.54) is 18.4 Å². The molecule has 1 N–H and O–H groups in total. The molecule has 0 unspecified atom stereocenters. The smallest absolute Gasteiger partial charge is 0.220 e. The minimum atomic E-state index is -3.05. The molecule has 0 aliphatic heterocycles. The van der Waals surface area contributed by atoms with Crippen molar-refractivity contribution in [1.29, 1.82) is 0 Å². The van der Waals surface area contributed by atoms with Crippen molar-refractivity contribution < 1.29 is 17.6 Å². The number of hydrogen-bond donors (Lipinski definition) is 1. The normalized spacial score (nSPS) is 22.3. The van der Waals surface area contributed by atoms with Crippen molar-refractivity contribution in [3.8, 4) is 0 Å². The maximum absolute atomic E-state index is 13.1. The predicted octanol–water partition coefficient (Wildman–Crippen LogP) is 2.23. The van der Waals surface area contributed by atoms with Gasteiger partial charge in [-0.1, -0.05) is 18.6 Å². The van der Waals surface area contributed by atoms with Gasteiger partial charge in [-0.05, 0) is 43.4 Å². The molecule has 2 rings (SSSR count). The molecule has 0 aromatic heterocycles. The first kappa shape index (κ1) is 16.9. The molecule has 0 bridgehead atoms. The number of sulfone groups is 1. The van der Waals surface area contributed by atoms with Crippen LogP contribution in [0.1, 0.15) is 37.7 Å². The van der Waals surface area contributed by atoms with E-state index in [1.54, 1.807) is 12.1 Å². The van der Waals surface area contributed by atoms with Crippen LogP contribution in [-0.2, 0) is 21.1 Å². The van der Waals surface area contributed by atoms with Crippen LogP contribution in [0.4, 0.5) is 4.39 Å². The summed E-state index contributed by atoms with van der Waals surface area (Å²) in [6, 6.07) is 6.13. The fourth-order valence-corrected chi connectivity index (χ4v) is 4.09. The fraction of sp³-hybridized carbons (Fsp3) is 0.562. The van der Waals surface area contributed by atoms with Crippen LogP contribution in [0.2, 0.25) is 0 Å². The van der Waals surface area contributed by atoms with Crippen molar-refractivity contribution in [3.63, 3.8) is 0 Å². The van der Waals surface area contributed by atoms with Crippen LogP contribution in [0.5, 0.6) is 0 Å². The zero-order chi connectivity index (χ0) is 16.2. The number of amides is 1. The van der Waals surface area contributed by atoms with Gasteiger partial charge in [0.25, 0.3) is 0 Å². The molecule has 1 fully saturated rings. The van der Waals surface area contributed by atoms with E-state index >= 15 is 0 Å². The molecule has 2 atom stereocenters. The summed E-state index contributed by atoms with van der Waals surface area (Å²) >= 11 is 0. The molecule has 0 heterocycles. The molecule has 1 aliphatic carbocycles. The topological polar surface area (TPSA) is 63.2 Å². The van der Waals surface area contributed by atoms with Crippen molar-refractivity contribution in [2.45, 2.75) is 49.8 Å². The second kappa shape index (κ2) is 7.22. The van der Waals surface area contributed by atoms with Gasteiger partial charge in [-0.2, -0.15) is 0 Å². The molecular formula is C16H22FNO3S. The Bertz CT molecular complexity index is 630. The van der Waals surface area contributed by atoms with E-state index in [4.69, 9.17) is 0 Å². The van der Waals surface area contributed by atoms with Crippen LogP contribution in [0.25, 0.3) is 0 Å². The summed E-state index contributed by atoms with van der Waals surface area (Å²) in [7, 11) is -3.05. The first-order chi connectivity index (χ1) is 10.3. The standard InChI is InChI=1S/C16H22FNO3S/c1-22(20,21)15-7-3-6-14(11-15)18-16(19)9-8-12-4-2-5-13(17)10-12/h2,4-5,10,14-15H,3,6-9,11H2,1H3,(H,18,19)/t14-,15-/m1/s1. The highest BCUT2D eigenvalue weighted by molar-refractivity contribution is 7.91. The van der Waals surface area contributed by atoms with Gasteiger partial charge in [0.15, 0.2) is 0 Å². The molecule has 4 nitrogen and oxygen atoms in total. The number of rotatable bonds is 5. The summed E-state index contributed by atoms with van der Waals surface area (Å²) in [6.07, 6.45) is 4.81. The van der Waals surface area contributed by atoms with Gasteiger partial charge in [-0.3, -0.25) is 4.79 Å². The maximum Gasteiger partial charge on any atom is 0.220 e. The zero-order valence-corrected chi connectivity index (χ0v) is 13.5. The van der Waals surface area contributed by atoms with Gasteiger partial charge < -0.3 is 5.32 Å². The lowest BCUT2D eigenvalue weighted by atomic mass is 9.94. The van der Waals surface area contributed by atoms with E-state index in [-0.39, 0.29) is 29.4 Å². The number of halogens is 1. The van der Waals surface area contributed by atoms with Crippen LogP contribution >= 0.6 is 0 Å². The Morgan fingerprint density at radius 1 is 1.36 bits per heavy atom. The van der Waals surface area contributed by atoms with Crippen molar-refractivity contribution in [2.24, 2.45) is 0 Å². The molecule has 1 aromatic rings. The zero-order valence-electron chi connectivity index (χ0n) is 12.7. The molecular weight excluding hydrogens is 305 g/mol. The van der Waals surface area contributed by atoms with Gasteiger partial charge in [-0.15, -0.1) is 0 Å². The molecule has 1 aliphatic rings. The molecule has 1 saturated carbocycles. The van der Waals surface area contributed by atoms with Crippen molar-refractivity contribution in [2.75, 3.05) is 6.26 Å². The first-order valence-electron chi connectivity index (χ1n) is 7.57. The van der Waals surface area contributed by atoms with Gasteiger partial charge in [0.05, 0.1) is 5.25 Å². The Morgan fingerprint density at radius 3 is 2.82 bits per heavy atom. The average Bonchev–Trinajstić information content (AvgIpc) is 2.45. The van der Waals surface area contributed by atoms with E-state index in [1.807, 2.05) is 0 Å². The molecule has 1 aromatic carbocycles. The Balaban J connectivity index is 1.82. The Hall–Kier alpha value is -1.43. The summed E-state index contributed by atoms with van der Waals surface area (Å²) in [4.78, 5) is 12.0. The summed E-state index contributed by atoms with van der Waals surface area (Å²) in [5.74, 6) is -0.412. The van der Waals surface area contributed by atoms with E-state index in [0.29, 0.717) is 19.3 Å². The average molecular weight is 327 g/mol. The molecule has 0 saturated heterocycles. The Morgan fingerprint density at radius 2 is 2.14 bits per heavy atom. The molecule has 6 heteroatoms. The van der Waals surface area contributed by atoms with Crippen LogP contribution < -0.4 is 5.32 Å². The largest absolute Gasteiger partial charge is 0.353 e. The SMILES string of the molecule is CS(=O)(=O)[C@@H]1CCC[C@@H](NC(=O)CCc2cccc(F)c2)C1. The summed E-state index contributed by atoms with van der Waals surface area (Å²) in [5.41, 5.74) is 0.785. The highest BCUT2D eigenvalue weighted by atomic mass is 32.2. The number of carbonyl (C=O) groups is 1. The van der Waals surface area contributed by atoms with Crippen molar-refractivity contribution in [3.05, 3.63) is 35.6 Å². The second-order valence-electron chi connectivity index (χ2n) is 6.01. The Kier molecular flexibility index (Phi) is 5.56. The number of benzene rings is 1. The fourth-order valence-electron chi connectivity index (χ4n) is 2.92. The summed E-state index contributed by atoms with van der Waals surface area (Å²) in [5, 5.41) is 2.56.